The Hall–Kier alpha value is -0.360. The molecule has 0 aromatic rings. The third-order valence-electron chi connectivity index (χ3n) is 3.19. The molecule has 0 spiro atoms. The molecule has 0 amide bonds. The lowest BCUT2D eigenvalue weighted by molar-refractivity contribution is 0.586. The van der Waals surface area contributed by atoms with E-state index in [4.69, 9.17) is 22.9 Å². The van der Waals surface area contributed by atoms with Gasteiger partial charge in [0.1, 0.15) is 0 Å². The molecule has 0 fully saturated rings. The molecule has 0 aliphatic heterocycles. The minimum Gasteiger partial charge on any atom is -0.330 e. The summed E-state index contributed by atoms with van der Waals surface area (Å²) in [6, 6.07) is 0. The van der Waals surface area contributed by atoms with Crippen molar-refractivity contribution in [3.63, 3.8) is 0 Å². The number of hydrogen-bond donors (Lipinski definition) is 9. The zero-order chi connectivity index (χ0) is 18.8. The van der Waals surface area contributed by atoms with Gasteiger partial charge in [0.2, 0.25) is 0 Å². The Morgan fingerprint density at radius 1 is 0.320 bits per heavy atom. The highest BCUT2D eigenvalue weighted by Gasteiger charge is 1.88. The van der Waals surface area contributed by atoms with E-state index in [9.17, 15) is 0 Å². The van der Waals surface area contributed by atoms with Crippen LogP contribution in [-0.2, 0) is 0 Å². The van der Waals surface area contributed by atoms with Crippen molar-refractivity contribution in [2.75, 3.05) is 91.6 Å². The Morgan fingerprint density at radius 2 is 0.600 bits per heavy atom. The summed E-state index contributed by atoms with van der Waals surface area (Å²) in [6.07, 6.45) is 2.12. The second-order valence-corrected chi connectivity index (χ2v) is 5.61. The van der Waals surface area contributed by atoms with Gasteiger partial charge in [-0.1, -0.05) is 0 Å². The summed E-state index contributed by atoms with van der Waals surface area (Å²) in [6.45, 7) is 12.8. The third kappa shape index (κ3) is 31.9. The number of hydrogen-bond acceptors (Lipinski definition) is 9. The highest BCUT2D eigenvalue weighted by atomic mass is 15.0. The van der Waals surface area contributed by atoms with E-state index in [0.717, 1.165) is 91.4 Å². The zero-order valence-corrected chi connectivity index (χ0v) is 16.1. The summed E-state index contributed by atoms with van der Waals surface area (Å²) < 4.78 is 0. The second-order valence-electron chi connectivity index (χ2n) is 5.61. The van der Waals surface area contributed by atoms with Gasteiger partial charge in [0.25, 0.3) is 0 Å². The average molecular weight is 364 g/mol. The van der Waals surface area contributed by atoms with Crippen molar-refractivity contribution in [1.82, 2.24) is 26.6 Å². The summed E-state index contributed by atoms with van der Waals surface area (Å²) in [7, 11) is 0. The molecular weight excluding hydrogens is 318 g/mol. The van der Waals surface area contributed by atoms with E-state index < -0.39 is 0 Å². The summed E-state index contributed by atoms with van der Waals surface area (Å²) in [5.41, 5.74) is 21.3. The van der Waals surface area contributed by atoms with Crippen LogP contribution in [-0.4, -0.2) is 91.6 Å². The molecule has 0 saturated carbocycles. The summed E-state index contributed by atoms with van der Waals surface area (Å²) >= 11 is 0. The molecule has 0 aromatic heterocycles. The molecule has 9 nitrogen and oxygen atoms in total. The molecule has 0 aromatic carbocycles. The normalized spacial score (nSPS) is 10.6. The number of rotatable bonds is 19. The lowest BCUT2D eigenvalue weighted by Gasteiger charge is -2.06. The number of nitrogens with two attached hydrogens (primary N) is 4. The lowest BCUT2D eigenvalue weighted by Crippen LogP contribution is -2.35. The minimum absolute atomic E-state index is 0.706. The first kappa shape index (κ1) is 26.9. The first-order chi connectivity index (χ1) is 12.3. The predicted octanol–water partition coefficient (Wildman–Crippen LogP) is -3.46. The lowest BCUT2D eigenvalue weighted by atomic mass is 10.4. The molecule has 0 aliphatic rings. The molecule has 9 heteroatoms. The van der Waals surface area contributed by atoms with Crippen LogP contribution in [0.2, 0.25) is 0 Å². The molecule has 0 bridgehead atoms. The van der Waals surface area contributed by atoms with Crippen molar-refractivity contribution >= 4 is 0 Å². The Morgan fingerprint density at radius 3 is 0.880 bits per heavy atom. The quantitative estimate of drug-likeness (QED) is 0.106. The monoisotopic (exact) mass is 363 g/mol. The van der Waals surface area contributed by atoms with E-state index in [1.807, 2.05) is 0 Å². The van der Waals surface area contributed by atoms with Crippen molar-refractivity contribution in [2.24, 2.45) is 22.9 Å². The van der Waals surface area contributed by atoms with Crippen LogP contribution in [0, 0.1) is 0 Å². The molecule has 0 atom stereocenters. The summed E-state index contributed by atoms with van der Waals surface area (Å²) in [5.74, 6) is 0. The molecular formula is C16H45N9. The van der Waals surface area contributed by atoms with Gasteiger partial charge in [0.15, 0.2) is 0 Å². The van der Waals surface area contributed by atoms with Gasteiger partial charge in [0.05, 0.1) is 0 Å². The van der Waals surface area contributed by atoms with Crippen molar-refractivity contribution in [2.45, 2.75) is 12.8 Å². The van der Waals surface area contributed by atoms with Gasteiger partial charge in [-0.05, 0) is 39.0 Å². The molecule has 0 aliphatic carbocycles. The predicted molar refractivity (Wildman–Crippen MR) is 110 cm³/mol. The van der Waals surface area contributed by atoms with E-state index in [2.05, 4.69) is 26.6 Å². The molecule has 25 heavy (non-hydrogen) atoms. The minimum atomic E-state index is 0.706. The van der Waals surface area contributed by atoms with Crippen molar-refractivity contribution in [1.29, 1.82) is 0 Å². The summed E-state index contributed by atoms with van der Waals surface area (Å²) in [4.78, 5) is 0. The van der Waals surface area contributed by atoms with E-state index in [1.165, 1.54) is 0 Å². The van der Waals surface area contributed by atoms with Crippen LogP contribution in [0.5, 0.6) is 0 Å². The Balaban J connectivity index is 0. The third-order valence-corrected chi connectivity index (χ3v) is 3.19. The van der Waals surface area contributed by atoms with E-state index in [1.54, 1.807) is 0 Å². The van der Waals surface area contributed by atoms with E-state index in [-0.39, 0.29) is 0 Å². The zero-order valence-electron chi connectivity index (χ0n) is 16.1. The molecule has 0 saturated heterocycles. The second kappa shape index (κ2) is 28.4. The van der Waals surface area contributed by atoms with Gasteiger partial charge in [-0.15, -0.1) is 0 Å². The van der Waals surface area contributed by atoms with E-state index >= 15 is 0 Å². The molecule has 154 valence electrons. The smallest absolute Gasteiger partial charge is 0.00772 e. The topological polar surface area (TPSA) is 164 Å². The molecule has 13 N–H and O–H groups in total. The van der Waals surface area contributed by atoms with Crippen LogP contribution in [0.15, 0.2) is 0 Å². The van der Waals surface area contributed by atoms with Gasteiger partial charge in [-0.25, -0.2) is 0 Å². The fourth-order valence-electron chi connectivity index (χ4n) is 1.81. The van der Waals surface area contributed by atoms with Gasteiger partial charge >= 0.3 is 0 Å². The first-order valence-corrected chi connectivity index (χ1v) is 9.67. The average Bonchev–Trinajstić information content (AvgIpc) is 2.63. The van der Waals surface area contributed by atoms with Gasteiger partial charge in [0, 0.05) is 65.4 Å². The van der Waals surface area contributed by atoms with Crippen molar-refractivity contribution in [3.8, 4) is 0 Å². The molecule has 0 heterocycles. The van der Waals surface area contributed by atoms with Crippen LogP contribution in [0.1, 0.15) is 12.8 Å². The highest BCUT2D eigenvalue weighted by molar-refractivity contribution is 4.55. The standard InChI is InChI=1S/C8H23N5.C8H22N4/c9-1-3-11-5-7-13-8-6-12-4-2-10;9-3-1-5-11-7-8-12-6-2-4-10/h11-13H,1-10H2;11-12H,1-10H2. The SMILES string of the molecule is NCCCNCCNCCCN.NCCNCCNCCNCCN. The van der Waals surface area contributed by atoms with Crippen LogP contribution < -0.4 is 49.5 Å². The van der Waals surface area contributed by atoms with Crippen molar-refractivity contribution < 1.29 is 0 Å². The van der Waals surface area contributed by atoms with E-state index in [0.29, 0.717) is 13.1 Å². The van der Waals surface area contributed by atoms with Crippen LogP contribution >= 0.6 is 0 Å². The Kier molecular flexibility index (Phi) is 30.6. The van der Waals surface area contributed by atoms with Gasteiger partial charge in [-0.3, -0.25) is 0 Å². The Bertz CT molecular complexity index is 188. The molecule has 0 rings (SSSR count). The van der Waals surface area contributed by atoms with Gasteiger partial charge in [-0.2, -0.15) is 0 Å². The fourth-order valence-corrected chi connectivity index (χ4v) is 1.81. The van der Waals surface area contributed by atoms with Crippen molar-refractivity contribution in [3.05, 3.63) is 0 Å². The maximum Gasteiger partial charge on any atom is 0.00772 e. The molecule has 0 radical (unpaired) electrons. The van der Waals surface area contributed by atoms with Gasteiger partial charge < -0.3 is 49.5 Å². The largest absolute Gasteiger partial charge is 0.330 e. The number of nitrogens with one attached hydrogen (secondary N) is 5. The maximum absolute atomic E-state index is 5.34. The maximum atomic E-state index is 5.34. The molecule has 0 unspecified atom stereocenters. The Labute approximate surface area is 154 Å². The van der Waals surface area contributed by atoms with Crippen LogP contribution in [0.3, 0.4) is 0 Å². The van der Waals surface area contributed by atoms with Crippen LogP contribution in [0.25, 0.3) is 0 Å². The highest BCUT2D eigenvalue weighted by Crippen LogP contribution is 1.70. The summed E-state index contributed by atoms with van der Waals surface area (Å²) in [5, 5.41) is 16.3. The first-order valence-electron chi connectivity index (χ1n) is 9.67. The fraction of sp³-hybridized carbons (Fsp3) is 1.00. The van der Waals surface area contributed by atoms with Crippen LogP contribution in [0.4, 0.5) is 0 Å².